The molecule has 18 heavy (non-hydrogen) atoms. The Bertz CT molecular complexity index is 484. The number of carbonyl (C=O) groups is 1. The van der Waals surface area contributed by atoms with Crippen LogP contribution in [0, 0.1) is 0 Å². The first-order valence-corrected chi connectivity index (χ1v) is 5.65. The third-order valence-electron chi connectivity index (χ3n) is 2.83. The second-order valence-corrected chi connectivity index (χ2v) is 4.06. The molecule has 0 aliphatic heterocycles. The van der Waals surface area contributed by atoms with Crippen molar-refractivity contribution in [3.8, 4) is 0 Å². The average molecular weight is 233 g/mol. The molecule has 0 aliphatic carbocycles. The van der Waals surface area contributed by atoms with Crippen molar-refractivity contribution in [1.82, 2.24) is 0 Å². The van der Waals surface area contributed by atoms with Gasteiger partial charge in [-0.2, -0.15) is 0 Å². The number of carbonyl (C=O) groups excluding carboxylic acids is 1. The van der Waals surface area contributed by atoms with Crippen LogP contribution in [0.25, 0.3) is 0 Å². The third kappa shape index (κ3) is 3.77. The standard InChI is InChI=1S/C15H15NO.Li.H/c16-15(17)14(13-9-5-2-6-10-13)11-12-7-3-1-4-8-12;;/h1-10,14H,11H2,(H2,16,17);;/t14-;;/m1../s1. The first kappa shape index (κ1) is 14.6. The minimum absolute atomic E-state index is 0. The summed E-state index contributed by atoms with van der Waals surface area (Å²) in [4.78, 5) is 11.5. The van der Waals surface area contributed by atoms with Crippen LogP contribution in [0.2, 0.25) is 0 Å². The van der Waals surface area contributed by atoms with Gasteiger partial charge in [0.25, 0.3) is 0 Å². The topological polar surface area (TPSA) is 43.1 Å². The zero-order valence-electron chi connectivity index (χ0n) is 9.54. The second-order valence-electron chi connectivity index (χ2n) is 4.06. The minimum atomic E-state index is -0.278. The van der Waals surface area contributed by atoms with E-state index in [2.05, 4.69) is 0 Å². The Morgan fingerprint density at radius 3 is 1.94 bits per heavy atom. The normalized spacial score (nSPS) is 11.3. The monoisotopic (exact) mass is 233 g/mol. The molecule has 0 spiro atoms. The van der Waals surface area contributed by atoms with Gasteiger partial charge in [-0.15, -0.1) is 0 Å². The molecule has 1 amide bonds. The van der Waals surface area contributed by atoms with Gasteiger partial charge in [-0.3, -0.25) is 4.79 Å². The molecular formula is C15H16LiNO. The van der Waals surface area contributed by atoms with Crippen LogP contribution in [0.1, 0.15) is 17.0 Å². The summed E-state index contributed by atoms with van der Waals surface area (Å²) < 4.78 is 0. The van der Waals surface area contributed by atoms with Crippen molar-refractivity contribution in [1.29, 1.82) is 0 Å². The zero-order valence-corrected chi connectivity index (χ0v) is 9.54. The van der Waals surface area contributed by atoms with Crippen molar-refractivity contribution in [3.63, 3.8) is 0 Å². The van der Waals surface area contributed by atoms with Gasteiger partial charge in [-0.25, -0.2) is 0 Å². The van der Waals surface area contributed by atoms with Crippen molar-refractivity contribution in [3.05, 3.63) is 71.8 Å². The van der Waals surface area contributed by atoms with E-state index in [0.29, 0.717) is 6.42 Å². The van der Waals surface area contributed by atoms with Gasteiger partial charge < -0.3 is 5.73 Å². The molecule has 2 aromatic rings. The first-order valence-electron chi connectivity index (χ1n) is 5.65. The molecule has 2 N–H and O–H groups in total. The Kier molecular flexibility index (Phi) is 5.71. The quantitative estimate of drug-likeness (QED) is 0.804. The van der Waals surface area contributed by atoms with Crippen molar-refractivity contribution in [2.45, 2.75) is 12.3 Å². The zero-order chi connectivity index (χ0) is 12.1. The van der Waals surface area contributed by atoms with Crippen molar-refractivity contribution < 1.29 is 4.79 Å². The molecule has 0 aliphatic rings. The SMILES string of the molecule is NC(=O)[C@H](Cc1ccccc1)c1ccccc1.[LiH]. The van der Waals surface area contributed by atoms with Crippen molar-refractivity contribution in [2.75, 3.05) is 0 Å². The summed E-state index contributed by atoms with van der Waals surface area (Å²) in [5.41, 5.74) is 7.58. The summed E-state index contributed by atoms with van der Waals surface area (Å²) in [6, 6.07) is 19.6. The summed E-state index contributed by atoms with van der Waals surface area (Å²) in [7, 11) is 0. The van der Waals surface area contributed by atoms with E-state index in [-0.39, 0.29) is 30.7 Å². The summed E-state index contributed by atoms with van der Waals surface area (Å²) in [5.74, 6) is -0.529. The Balaban J connectivity index is 0.00000162. The van der Waals surface area contributed by atoms with Crippen LogP contribution >= 0.6 is 0 Å². The number of rotatable bonds is 4. The van der Waals surface area contributed by atoms with Gasteiger partial charge in [0.15, 0.2) is 0 Å². The van der Waals surface area contributed by atoms with Crippen LogP contribution in [0.4, 0.5) is 0 Å². The molecular weight excluding hydrogens is 217 g/mol. The molecule has 88 valence electrons. The van der Waals surface area contributed by atoms with Gasteiger partial charge in [0.1, 0.15) is 0 Å². The maximum absolute atomic E-state index is 11.5. The summed E-state index contributed by atoms with van der Waals surface area (Å²) in [6.07, 6.45) is 0.653. The van der Waals surface area contributed by atoms with E-state index < -0.39 is 0 Å². The Labute approximate surface area is 119 Å². The molecule has 2 nitrogen and oxygen atoms in total. The van der Waals surface area contributed by atoms with Crippen LogP contribution < -0.4 is 5.73 Å². The van der Waals surface area contributed by atoms with Gasteiger partial charge in [0, 0.05) is 0 Å². The fourth-order valence-electron chi connectivity index (χ4n) is 1.92. The Hall–Kier alpha value is -1.49. The molecule has 1 atom stereocenters. The van der Waals surface area contributed by atoms with Gasteiger partial charge in [0.05, 0.1) is 5.92 Å². The van der Waals surface area contributed by atoms with Crippen LogP contribution in [0.5, 0.6) is 0 Å². The number of primary amides is 1. The molecule has 0 radical (unpaired) electrons. The number of benzene rings is 2. The number of nitrogens with two attached hydrogens (primary N) is 1. The number of amides is 1. The molecule has 2 rings (SSSR count). The predicted octanol–water partition coefficient (Wildman–Crippen LogP) is 1.85. The van der Waals surface area contributed by atoms with Crippen LogP contribution in [0.3, 0.4) is 0 Å². The van der Waals surface area contributed by atoms with E-state index in [9.17, 15) is 4.79 Å². The summed E-state index contributed by atoms with van der Waals surface area (Å²) >= 11 is 0. The van der Waals surface area contributed by atoms with Crippen LogP contribution in [-0.4, -0.2) is 24.8 Å². The predicted molar refractivity (Wildman–Crippen MR) is 75.7 cm³/mol. The van der Waals surface area contributed by atoms with Gasteiger partial charge in [-0.1, -0.05) is 60.7 Å². The second kappa shape index (κ2) is 7.06. The Morgan fingerprint density at radius 2 is 1.44 bits per heavy atom. The van der Waals surface area contributed by atoms with Gasteiger partial charge >= 0.3 is 18.9 Å². The maximum atomic E-state index is 11.5. The molecule has 3 heteroatoms. The molecule has 0 heterocycles. The van der Waals surface area contributed by atoms with Crippen LogP contribution in [-0.2, 0) is 11.2 Å². The molecule has 0 aromatic heterocycles. The first-order chi connectivity index (χ1) is 8.27. The number of hydrogen-bond acceptors (Lipinski definition) is 1. The van der Waals surface area contributed by atoms with E-state index in [4.69, 9.17) is 5.73 Å². The fourth-order valence-corrected chi connectivity index (χ4v) is 1.92. The molecule has 0 bridgehead atoms. The van der Waals surface area contributed by atoms with E-state index in [0.717, 1.165) is 11.1 Å². The summed E-state index contributed by atoms with van der Waals surface area (Å²) in [5, 5.41) is 0. The van der Waals surface area contributed by atoms with E-state index in [1.54, 1.807) is 0 Å². The van der Waals surface area contributed by atoms with E-state index >= 15 is 0 Å². The van der Waals surface area contributed by atoms with E-state index in [1.807, 2.05) is 60.7 Å². The summed E-state index contributed by atoms with van der Waals surface area (Å²) in [6.45, 7) is 0. The van der Waals surface area contributed by atoms with Crippen molar-refractivity contribution >= 4 is 24.8 Å². The van der Waals surface area contributed by atoms with Gasteiger partial charge in [-0.05, 0) is 17.5 Å². The Morgan fingerprint density at radius 1 is 0.944 bits per heavy atom. The van der Waals surface area contributed by atoms with Gasteiger partial charge in [0.2, 0.25) is 5.91 Å². The average Bonchev–Trinajstić information content (AvgIpc) is 2.38. The molecule has 0 unspecified atom stereocenters. The molecule has 0 saturated heterocycles. The molecule has 2 aromatic carbocycles. The van der Waals surface area contributed by atoms with E-state index in [1.165, 1.54) is 0 Å². The fraction of sp³-hybridized carbons (Fsp3) is 0.133. The third-order valence-corrected chi connectivity index (χ3v) is 2.83. The number of hydrogen-bond donors (Lipinski definition) is 1. The van der Waals surface area contributed by atoms with Crippen molar-refractivity contribution in [2.24, 2.45) is 5.73 Å². The van der Waals surface area contributed by atoms with Crippen LogP contribution in [0.15, 0.2) is 60.7 Å². The molecule has 0 fully saturated rings. The molecule has 0 saturated carbocycles.